The molecule has 7 nitrogen and oxygen atoms in total. The zero-order valence-corrected chi connectivity index (χ0v) is 17.7. The van der Waals surface area contributed by atoms with Gasteiger partial charge in [-0.3, -0.25) is 4.79 Å². The molecule has 1 aliphatic rings. The molecule has 160 valence electrons. The minimum Gasteiger partial charge on any atom is -0.393 e. The number of carbonyl (C=O) groups is 1. The van der Waals surface area contributed by atoms with Crippen molar-refractivity contribution in [2.24, 2.45) is 5.92 Å². The SMILES string of the molecule is CC(=O)Nc1ccc(Nc2ncnc(N3CCC(Cc4ccccc4)CC3)c2N)cc1. The first-order valence-electron chi connectivity index (χ1n) is 10.6. The standard InChI is InChI=1S/C24H28N6O/c1-17(31)28-20-7-9-21(10-8-20)29-23-22(25)24(27-16-26-23)30-13-11-19(12-14-30)15-18-5-3-2-4-6-18/h2-10,16,19H,11-15,25H2,1H3,(H,28,31)(H,26,27,29). The lowest BCUT2D eigenvalue weighted by atomic mass is 9.90. The third-order valence-electron chi connectivity index (χ3n) is 5.61. The fraction of sp³-hybridized carbons (Fsp3) is 0.292. The van der Waals surface area contributed by atoms with Crippen molar-refractivity contribution in [1.82, 2.24) is 9.97 Å². The number of piperidine rings is 1. The Labute approximate surface area is 182 Å². The van der Waals surface area contributed by atoms with Gasteiger partial charge in [0.25, 0.3) is 0 Å². The fourth-order valence-corrected chi connectivity index (χ4v) is 4.01. The molecule has 7 heteroatoms. The van der Waals surface area contributed by atoms with Crippen LogP contribution in [-0.2, 0) is 11.2 Å². The summed E-state index contributed by atoms with van der Waals surface area (Å²) < 4.78 is 0. The Balaban J connectivity index is 1.39. The van der Waals surface area contributed by atoms with Crippen molar-refractivity contribution in [3.63, 3.8) is 0 Å². The molecule has 0 saturated carbocycles. The van der Waals surface area contributed by atoms with Crippen LogP contribution in [0.1, 0.15) is 25.3 Å². The number of benzene rings is 2. The number of anilines is 5. The molecule has 0 atom stereocenters. The zero-order valence-electron chi connectivity index (χ0n) is 17.7. The second-order valence-corrected chi connectivity index (χ2v) is 7.96. The Kier molecular flexibility index (Phi) is 6.31. The highest BCUT2D eigenvalue weighted by Crippen LogP contribution is 2.32. The minimum atomic E-state index is -0.0991. The molecule has 31 heavy (non-hydrogen) atoms. The molecule has 2 aromatic carbocycles. The van der Waals surface area contributed by atoms with Crippen LogP contribution in [0, 0.1) is 5.92 Å². The van der Waals surface area contributed by atoms with E-state index in [-0.39, 0.29) is 5.91 Å². The van der Waals surface area contributed by atoms with Gasteiger partial charge in [-0.15, -0.1) is 0 Å². The summed E-state index contributed by atoms with van der Waals surface area (Å²) in [6, 6.07) is 18.1. The van der Waals surface area contributed by atoms with E-state index in [0.717, 1.165) is 49.5 Å². The average molecular weight is 417 g/mol. The van der Waals surface area contributed by atoms with Crippen LogP contribution in [-0.4, -0.2) is 29.0 Å². The predicted molar refractivity (Wildman–Crippen MR) is 126 cm³/mol. The van der Waals surface area contributed by atoms with Gasteiger partial charge in [-0.1, -0.05) is 30.3 Å². The number of nitrogens with one attached hydrogen (secondary N) is 2. The lowest BCUT2D eigenvalue weighted by Crippen LogP contribution is -2.35. The van der Waals surface area contributed by atoms with Crippen molar-refractivity contribution in [3.05, 3.63) is 66.5 Å². The van der Waals surface area contributed by atoms with E-state index in [1.54, 1.807) is 6.33 Å². The third-order valence-corrected chi connectivity index (χ3v) is 5.61. The molecule has 1 fully saturated rings. The van der Waals surface area contributed by atoms with Crippen LogP contribution < -0.4 is 21.3 Å². The summed E-state index contributed by atoms with van der Waals surface area (Å²) in [7, 11) is 0. The topological polar surface area (TPSA) is 96.2 Å². The molecule has 2 heterocycles. The summed E-state index contributed by atoms with van der Waals surface area (Å²) in [6.07, 6.45) is 4.91. The van der Waals surface area contributed by atoms with E-state index in [2.05, 4.69) is 55.8 Å². The van der Waals surface area contributed by atoms with Crippen LogP contribution >= 0.6 is 0 Å². The minimum absolute atomic E-state index is 0.0991. The van der Waals surface area contributed by atoms with E-state index in [0.29, 0.717) is 17.4 Å². The van der Waals surface area contributed by atoms with E-state index in [4.69, 9.17) is 5.73 Å². The fourth-order valence-electron chi connectivity index (χ4n) is 4.01. The quantitative estimate of drug-likeness (QED) is 0.557. The van der Waals surface area contributed by atoms with E-state index >= 15 is 0 Å². The number of nitrogens with zero attached hydrogens (tertiary/aromatic N) is 3. The van der Waals surface area contributed by atoms with Crippen molar-refractivity contribution in [2.75, 3.05) is 34.4 Å². The highest BCUT2D eigenvalue weighted by molar-refractivity contribution is 5.89. The number of aromatic nitrogens is 2. The maximum Gasteiger partial charge on any atom is 0.221 e. The van der Waals surface area contributed by atoms with Gasteiger partial charge in [-0.2, -0.15) is 0 Å². The third kappa shape index (κ3) is 5.31. The Hall–Kier alpha value is -3.61. The second kappa shape index (κ2) is 9.47. The average Bonchev–Trinajstić information content (AvgIpc) is 2.78. The van der Waals surface area contributed by atoms with Gasteiger partial charge in [-0.25, -0.2) is 9.97 Å². The van der Waals surface area contributed by atoms with Crippen LogP contribution in [0.2, 0.25) is 0 Å². The van der Waals surface area contributed by atoms with Gasteiger partial charge in [0, 0.05) is 31.4 Å². The highest BCUT2D eigenvalue weighted by Gasteiger charge is 2.23. The molecule has 0 spiro atoms. The van der Waals surface area contributed by atoms with Gasteiger partial charge in [0.05, 0.1) is 0 Å². The number of hydrogen-bond donors (Lipinski definition) is 3. The molecule has 0 unspecified atom stereocenters. The Morgan fingerprint density at radius 1 is 1.03 bits per heavy atom. The van der Waals surface area contributed by atoms with Gasteiger partial charge < -0.3 is 21.3 Å². The number of amides is 1. The Morgan fingerprint density at radius 2 is 1.71 bits per heavy atom. The summed E-state index contributed by atoms with van der Waals surface area (Å²) in [5.74, 6) is 1.95. The molecule has 0 radical (unpaired) electrons. The van der Waals surface area contributed by atoms with Gasteiger partial charge in [-0.05, 0) is 55.0 Å². The van der Waals surface area contributed by atoms with Crippen molar-refractivity contribution < 1.29 is 4.79 Å². The van der Waals surface area contributed by atoms with E-state index in [1.807, 2.05) is 24.3 Å². The van der Waals surface area contributed by atoms with Crippen LogP contribution in [0.25, 0.3) is 0 Å². The lowest BCUT2D eigenvalue weighted by Gasteiger charge is -2.33. The maximum atomic E-state index is 11.2. The molecule has 4 N–H and O–H groups in total. The number of nitrogens with two attached hydrogens (primary N) is 1. The van der Waals surface area contributed by atoms with Crippen LogP contribution in [0.4, 0.5) is 28.7 Å². The number of rotatable bonds is 6. The van der Waals surface area contributed by atoms with Crippen molar-refractivity contribution in [3.8, 4) is 0 Å². The van der Waals surface area contributed by atoms with Crippen LogP contribution in [0.3, 0.4) is 0 Å². The Morgan fingerprint density at radius 3 is 2.39 bits per heavy atom. The summed E-state index contributed by atoms with van der Waals surface area (Å²) in [6.45, 7) is 3.35. The first-order valence-corrected chi connectivity index (χ1v) is 10.6. The molecule has 0 bridgehead atoms. The van der Waals surface area contributed by atoms with Crippen molar-refractivity contribution in [2.45, 2.75) is 26.2 Å². The van der Waals surface area contributed by atoms with Crippen LogP contribution in [0.5, 0.6) is 0 Å². The number of carbonyl (C=O) groups excluding carboxylic acids is 1. The van der Waals surface area contributed by atoms with Gasteiger partial charge in [0.15, 0.2) is 11.6 Å². The first-order chi connectivity index (χ1) is 15.1. The lowest BCUT2D eigenvalue weighted by molar-refractivity contribution is -0.114. The largest absolute Gasteiger partial charge is 0.393 e. The monoisotopic (exact) mass is 416 g/mol. The molecule has 1 saturated heterocycles. The molecule has 1 aromatic heterocycles. The molecule has 3 aromatic rings. The van der Waals surface area contributed by atoms with Crippen molar-refractivity contribution in [1.29, 1.82) is 0 Å². The van der Waals surface area contributed by atoms with Gasteiger partial charge in [0.1, 0.15) is 12.0 Å². The molecular weight excluding hydrogens is 388 g/mol. The zero-order chi connectivity index (χ0) is 21.6. The smallest absolute Gasteiger partial charge is 0.221 e. The normalized spacial score (nSPS) is 14.3. The predicted octanol–water partition coefficient (Wildman–Crippen LogP) is 4.22. The number of nitrogen functional groups attached to an aromatic ring is 1. The maximum absolute atomic E-state index is 11.2. The molecular formula is C24H28N6O. The molecule has 0 aliphatic carbocycles. The molecule has 1 amide bonds. The summed E-state index contributed by atoms with van der Waals surface area (Å²) in [5, 5.41) is 6.01. The van der Waals surface area contributed by atoms with Gasteiger partial charge >= 0.3 is 0 Å². The number of hydrogen-bond acceptors (Lipinski definition) is 6. The second-order valence-electron chi connectivity index (χ2n) is 7.96. The summed E-state index contributed by atoms with van der Waals surface area (Å²) in [4.78, 5) is 22.2. The van der Waals surface area contributed by atoms with Crippen molar-refractivity contribution >= 4 is 34.6 Å². The molecule has 1 aliphatic heterocycles. The van der Waals surface area contributed by atoms with E-state index in [1.165, 1.54) is 12.5 Å². The highest BCUT2D eigenvalue weighted by atomic mass is 16.1. The van der Waals surface area contributed by atoms with Gasteiger partial charge in [0.2, 0.25) is 5.91 Å². The van der Waals surface area contributed by atoms with E-state index in [9.17, 15) is 4.79 Å². The van der Waals surface area contributed by atoms with E-state index < -0.39 is 0 Å². The summed E-state index contributed by atoms with van der Waals surface area (Å²) in [5.41, 5.74) is 9.97. The molecule has 4 rings (SSSR count). The summed E-state index contributed by atoms with van der Waals surface area (Å²) >= 11 is 0. The Bertz CT molecular complexity index is 1010. The van der Waals surface area contributed by atoms with Crippen LogP contribution in [0.15, 0.2) is 60.9 Å². The first kappa shape index (κ1) is 20.7.